The highest BCUT2D eigenvalue weighted by molar-refractivity contribution is 9.10. The molecule has 1 aliphatic rings. The fraction of sp³-hybridized carbons (Fsp3) is 0.294. The number of nitrogens with zero attached hydrogens (tertiary/aromatic N) is 1. The fourth-order valence-electron chi connectivity index (χ4n) is 3.10. The van der Waals surface area contributed by atoms with Crippen LogP contribution in [0.25, 0.3) is 0 Å². The van der Waals surface area contributed by atoms with Crippen molar-refractivity contribution in [3.8, 4) is 0 Å². The van der Waals surface area contributed by atoms with E-state index in [1.165, 1.54) is 29.7 Å². The molecule has 20 heavy (non-hydrogen) atoms. The maximum absolute atomic E-state index is 5.95. The van der Waals surface area contributed by atoms with Crippen LogP contribution in [0, 0.1) is 0 Å². The Morgan fingerprint density at radius 3 is 2.65 bits per heavy atom. The number of anilines is 1. The lowest BCUT2D eigenvalue weighted by Crippen LogP contribution is -2.24. The molecule has 1 aliphatic heterocycles. The maximum atomic E-state index is 5.95. The van der Waals surface area contributed by atoms with E-state index in [4.69, 9.17) is 5.73 Å². The van der Waals surface area contributed by atoms with Crippen LogP contribution in [-0.4, -0.2) is 6.54 Å². The Kier molecular flexibility index (Phi) is 4.08. The second-order valence-corrected chi connectivity index (χ2v) is 6.06. The van der Waals surface area contributed by atoms with Crippen molar-refractivity contribution < 1.29 is 0 Å². The zero-order valence-electron chi connectivity index (χ0n) is 11.4. The summed E-state index contributed by atoms with van der Waals surface area (Å²) in [4.78, 5) is 2.50. The highest BCUT2D eigenvalue weighted by atomic mass is 79.9. The van der Waals surface area contributed by atoms with Crippen LogP contribution in [0.15, 0.2) is 53.0 Å². The molecule has 0 spiro atoms. The van der Waals surface area contributed by atoms with Gasteiger partial charge in [-0.15, -0.1) is 0 Å². The van der Waals surface area contributed by atoms with Crippen molar-refractivity contribution >= 4 is 21.6 Å². The van der Waals surface area contributed by atoms with Crippen LogP contribution in [0.3, 0.4) is 0 Å². The Bertz CT molecular complexity index is 583. The van der Waals surface area contributed by atoms with Gasteiger partial charge in [0, 0.05) is 28.8 Å². The molecule has 0 aromatic heterocycles. The van der Waals surface area contributed by atoms with Crippen molar-refractivity contribution in [1.29, 1.82) is 0 Å². The van der Waals surface area contributed by atoms with Crippen molar-refractivity contribution in [1.82, 2.24) is 0 Å². The van der Waals surface area contributed by atoms with E-state index in [-0.39, 0.29) is 0 Å². The first kappa shape index (κ1) is 13.7. The number of hydrogen-bond donors (Lipinski definition) is 1. The summed E-state index contributed by atoms with van der Waals surface area (Å²) in [5.41, 5.74) is 9.82. The molecule has 1 fully saturated rings. The summed E-state index contributed by atoms with van der Waals surface area (Å²) >= 11 is 3.62. The predicted octanol–water partition coefficient (Wildman–Crippen LogP) is 4.25. The van der Waals surface area contributed by atoms with Gasteiger partial charge in [-0.05, 0) is 30.5 Å². The molecule has 1 atom stereocenters. The third-order valence-corrected chi connectivity index (χ3v) is 4.79. The lowest BCUT2D eigenvalue weighted by Gasteiger charge is -2.29. The zero-order valence-corrected chi connectivity index (χ0v) is 13.0. The monoisotopic (exact) mass is 330 g/mol. The van der Waals surface area contributed by atoms with Gasteiger partial charge >= 0.3 is 0 Å². The van der Waals surface area contributed by atoms with Gasteiger partial charge in [-0.2, -0.15) is 0 Å². The lowest BCUT2D eigenvalue weighted by molar-refractivity contribution is 0.716. The molecule has 104 valence electrons. The zero-order chi connectivity index (χ0) is 13.9. The molecule has 1 unspecified atom stereocenters. The Labute approximate surface area is 128 Å². The second-order valence-electron chi connectivity index (χ2n) is 5.20. The van der Waals surface area contributed by atoms with Crippen LogP contribution in [0.5, 0.6) is 0 Å². The quantitative estimate of drug-likeness (QED) is 0.911. The van der Waals surface area contributed by atoms with Crippen LogP contribution in [0.4, 0.5) is 5.69 Å². The van der Waals surface area contributed by atoms with Gasteiger partial charge in [-0.3, -0.25) is 0 Å². The van der Waals surface area contributed by atoms with Crippen molar-refractivity contribution in [2.75, 3.05) is 11.4 Å². The van der Waals surface area contributed by atoms with Crippen molar-refractivity contribution in [2.24, 2.45) is 5.73 Å². The van der Waals surface area contributed by atoms with Gasteiger partial charge in [-0.1, -0.05) is 52.3 Å². The molecule has 0 amide bonds. The number of hydrogen-bond acceptors (Lipinski definition) is 2. The van der Waals surface area contributed by atoms with Crippen molar-refractivity contribution in [2.45, 2.75) is 25.4 Å². The summed E-state index contributed by atoms with van der Waals surface area (Å²) in [6.07, 6.45) is 2.44. The summed E-state index contributed by atoms with van der Waals surface area (Å²) < 4.78 is 1.11. The summed E-state index contributed by atoms with van der Waals surface area (Å²) in [6.45, 7) is 1.66. The molecule has 1 heterocycles. The van der Waals surface area contributed by atoms with Gasteiger partial charge in [-0.25, -0.2) is 0 Å². The minimum Gasteiger partial charge on any atom is -0.364 e. The van der Waals surface area contributed by atoms with E-state index in [2.05, 4.69) is 69.4 Å². The van der Waals surface area contributed by atoms with E-state index in [0.717, 1.165) is 11.0 Å². The first-order chi connectivity index (χ1) is 9.81. The molecule has 0 radical (unpaired) electrons. The predicted molar refractivity (Wildman–Crippen MR) is 87.8 cm³/mol. The molecule has 0 aliphatic carbocycles. The van der Waals surface area contributed by atoms with E-state index >= 15 is 0 Å². The Morgan fingerprint density at radius 1 is 1.10 bits per heavy atom. The highest BCUT2D eigenvalue weighted by Gasteiger charge is 2.27. The molecule has 2 aromatic carbocycles. The first-order valence-corrected chi connectivity index (χ1v) is 7.89. The maximum Gasteiger partial charge on any atom is 0.0543 e. The van der Waals surface area contributed by atoms with Gasteiger partial charge in [0.15, 0.2) is 0 Å². The average Bonchev–Trinajstić information content (AvgIpc) is 2.97. The third kappa shape index (κ3) is 2.48. The topological polar surface area (TPSA) is 29.3 Å². The summed E-state index contributed by atoms with van der Waals surface area (Å²) in [6, 6.07) is 17.6. The highest BCUT2D eigenvalue weighted by Crippen LogP contribution is 2.39. The summed E-state index contributed by atoms with van der Waals surface area (Å²) in [5.74, 6) is 0. The van der Waals surface area contributed by atoms with Crippen molar-refractivity contribution in [3.63, 3.8) is 0 Å². The largest absolute Gasteiger partial charge is 0.364 e. The van der Waals surface area contributed by atoms with Gasteiger partial charge < -0.3 is 10.6 Å². The molecule has 1 saturated heterocycles. The molecule has 0 saturated carbocycles. The molecule has 3 heteroatoms. The van der Waals surface area contributed by atoms with Gasteiger partial charge in [0.05, 0.1) is 6.04 Å². The van der Waals surface area contributed by atoms with E-state index in [1.807, 2.05) is 0 Å². The van der Waals surface area contributed by atoms with Gasteiger partial charge in [0.25, 0.3) is 0 Å². The van der Waals surface area contributed by atoms with Crippen molar-refractivity contribution in [3.05, 3.63) is 64.1 Å². The fourth-order valence-corrected chi connectivity index (χ4v) is 3.61. The Balaban J connectivity index is 1.99. The van der Waals surface area contributed by atoms with Crippen LogP contribution in [-0.2, 0) is 6.54 Å². The van der Waals surface area contributed by atoms with Crippen LogP contribution in [0.1, 0.15) is 30.0 Å². The minimum absolute atomic E-state index is 0.468. The average molecular weight is 331 g/mol. The molecular weight excluding hydrogens is 312 g/mol. The lowest BCUT2D eigenvalue weighted by atomic mass is 10.0. The summed E-state index contributed by atoms with van der Waals surface area (Å²) in [7, 11) is 0. The first-order valence-electron chi connectivity index (χ1n) is 7.10. The van der Waals surface area contributed by atoms with Crippen LogP contribution in [0.2, 0.25) is 0 Å². The van der Waals surface area contributed by atoms with Crippen LogP contribution >= 0.6 is 15.9 Å². The third-order valence-electron chi connectivity index (χ3n) is 4.04. The van der Waals surface area contributed by atoms with E-state index in [9.17, 15) is 0 Å². The number of benzene rings is 2. The number of nitrogens with two attached hydrogens (primary N) is 1. The van der Waals surface area contributed by atoms with Crippen LogP contribution < -0.4 is 10.6 Å². The summed E-state index contributed by atoms with van der Waals surface area (Å²) in [5, 5.41) is 0. The van der Waals surface area contributed by atoms with E-state index < -0.39 is 0 Å². The molecule has 2 N–H and O–H groups in total. The smallest absolute Gasteiger partial charge is 0.0543 e. The normalized spacial score (nSPS) is 18.5. The van der Waals surface area contributed by atoms with E-state index in [0.29, 0.717) is 12.6 Å². The molecular formula is C17H19BrN2. The Morgan fingerprint density at radius 2 is 1.90 bits per heavy atom. The number of halogens is 1. The second kappa shape index (κ2) is 5.98. The molecule has 0 bridgehead atoms. The van der Waals surface area contributed by atoms with Gasteiger partial charge in [0.1, 0.15) is 0 Å². The molecule has 2 nitrogen and oxygen atoms in total. The number of rotatable bonds is 3. The Hall–Kier alpha value is -1.32. The van der Waals surface area contributed by atoms with E-state index in [1.54, 1.807) is 0 Å². The molecule has 3 rings (SSSR count). The minimum atomic E-state index is 0.468. The molecule has 2 aromatic rings. The standard InChI is InChI=1S/C17H19BrN2/c18-15-8-4-9-17(14(15)12-19)20-11-5-10-16(20)13-6-2-1-3-7-13/h1-4,6-9,16H,5,10-12,19H2. The SMILES string of the molecule is NCc1c(Br)cccc1N1CCCC1c1ccccc1. The van der Waals surface area contributed by atoms with Gasteiger partial charge in [0.2, 0.25) is 0 Å².